The second-order valence-corrected chi connectivity index (χ2v) is 5.46. The van der Waals surface area contributed by atoms with Crippen molar-refractivity contribution in [3.63, 3.8) is 0 Å². The number of hydrogen-bond donors (Lipinski definition) is 1. The summed E-state index contributed by atoms with van der Waals surface area (Å²) in [5.41, 5.74) is 0.970. The number of nitrogens with one attached hydrogen (secondary N) is 1. The maximum absolute atomic E-state index is 6.16. The van der Waals surface area contributed by atoms with E-state index in [0.29, 0.717) is 16.8 Å². The lowest BCUT2D eigenvalue weighted by Crippen LogP contribution is -2.26. The Bertz CT molecular complexity index is 588. The largest absolute Gasteiger partial charge is 0.495 e. The lowest BCUT2D eigenvalue weighted by molar-refractivity contribution is 0.353. The topological polar surface area (TPSA) is 34.4 Å². The van der Waals surface area contributed by atoms with Gasteiger partial charge in [0.25, 0.3) is 0 Å². The van der Waals surface area contributed by atoms with Crippen LogP contribution in [0.4, 0.5) is 0 Å². The van der Waals surface area contributed by atoms with E-state index in [-0.39, 0.29) is 0 Å². The Hall–Kier alpha value is -1.45. The normalized spacial score (nSPS) is 19.0. The number of rotatable bonds is 3. The monoisotopic (exact) mass is 291 g/mol. The van der Waals surface area contributed by atoms with Crippen molar-refractivity contribution in [2.24, 2.45) is 0 Å². The molecule has 3 nitrogen and oxygen atoms in total. The Morgan fingerprint density at radius 1 is 1.25 bits per heavy atom. The van der Waals surface area contributed by atoms with Crippen molar-refractivity contribution in [2.45, 2.75) is 25.3 Å². The first-order valence-corrected chi connectivity index (χ1v) is 7.33. The number of benzene rings is 1. The van der Waals surface area contributed by atoms with Gasteiger partial charge in [-0.05, 0) is 49.7 Å². The zero-order valence-corrected chi connectivity index (χ0v) is 12.2. The molecule has 0 saturated carbocycles. The van der Waals surface area contributed by atoms with E-state index in [1.54, 1.807) is 7.11 Å². The van der Waals surface area contributed by atoms with E-state index in [1.807, 2.05) is 24.3 Å². The zero-order chi connectivity index (χ0) is 13.9. The number of ether oxygens (including phenoxy) is 1. The van der Waals surface area contributed by atoms with Crippen molar-refractivity contribution in [2.75, 3.05) is 13.7 Å². The maximum atomic E-state index is 6.16. The molecule has 1 saturated heterocycles. The van der Waals surface area contributed by atoms with Crippen LogP contribution in [0.25, 0.3) is 11.3 Å². The summed E-state index contributed by atoms with van der Waals surface area (Å²) >= 11 is 6.16. The molecule has 1 N–H and O–H groups in total. The molecule has 1 aromatic heterocycles. The van der Waals surface area contributed by atoms with E-state index in [2.05, 4.69) is 11.4 Å². The summed E-state index contributed by atoms with van der Waals surface area (Å²) in [6.07, 6.45) is 3.64. The van der Waals surface area contributed by atoms with Gasteiger partial charge in [0.15, 0.2) is 0 Å². The molecule has 1 atom stereocenters. The Balaban J connectivity index is 1.84. The highest BCUT2D eigenvalue weighted by atomic mass is 35.5. The van der Waals surface area contributed by atoms with Gasteiger partial charge in [-0.25, -0.2) is 0 Å². The van der Waals surface area contributed by atoms with Crippen molar-refractivity contribution in [1.82, 2.24) is 5.32 Å². The molecule has 20 heavy (non-hydrogen) atoms. The van der Waals surface area contributed by atoms with E-state index < -0.39 is 0 Å². The van der Waals surface area contributed by atoms with E-state index in [9.17, 15) is 0 Å². The minimum absolute atomic E-state index is 0.339. The Kier molecular flexibility index (Phi) is 3.99. The molecule has 0 bridgehead atoms. The van der Waals surface area contributed by atoms with Gasteiger partial charge in [-0.2, -0.15) is 0 Å². The number of piperidine rings is 1. The summed E-state index contributed by atoms with van der Waals surface area (Å²) in [6.45, 7) is 1.06. The molecule has 106 valence electrons. The molecular formula is C16H18ClNO2. The van der Waals surface area contributed by atoms with Crippen molar-refractivity contribution in [1.29, 1.82) is 0 Å². The van der Waals surface area contributed by atoms with Gasteiger partial charge in [-0.3, -0.25) is 0 Å². The van der Waals surface area contributed by atoms with Gasteiger partial charge in [0, 0.05) is 5.56 Å². The summed E-state index contributed by atoms with van der Waals surface area (Å²) in [7, 11) is 1.61. The third-order valence-electron chi connectivity index (χ3n) is 3.72. The molecule has 0 amide bonds. The van der Waals surface area contributed by atoms with Crippen molar-refractivity contribution >= 4 is 11.6 Å². The first-order chi connectivity index (χ1) is 9.78. The van der Waals surface area contributed by atoms with Crippen LogP contribution >= 0.6 is 11.6 Å². The molecular weight excluding hydrogens is 274 g/mol. The van der Waals surface area contributed by atoms with Crippen LogP contribution in [0.15, 0.2) is 34.7 Å². The molecule has 4 heteroatoms. The average molecular weight is 292 g/mol. The van der Waals surface area contributed by atoms with Crippen LogP contribution in [0, 0.1) is 0 Å². The van der Waals surface area contributed by atoms with Gasteiger partial charge in [-0.1, -0.05) is 18.0 Å². The molecule has 2 heterocycles. The van der Waals surface area contributed by atoms with Gasteiger partial charge < -0.3 is 14.5 Å². The van der Waals surface area contributed by atoms with Crippen LogP contribution in [0.2, 0.25) is 5.02 Å². The van der Waals surface area contributed by atoms with Gasteiger partial charge >= 0.3 is 0 Å². The number of furan rings is 1. The number of halogens is 1. The molecule has 2 aromatic rings. The van der Waals surface area contributed by atoms with E-state index >= 15 is 0 Å². The molecule has 1 aliphatic heterocycles. The van der Waals surface area contributed by atoms with Crippen LogP contribution < -0.4 is 10.1 Å². The van der Waals surface area contributed by atoms with Gasteiger partial charge in [0.1, 0.15) is 17.3 Å². The third-order valence-corrected chi connectivity index (χ3v) is 4.01. The van der Waals surface area contributed by atoms with Crippen LogP contribution in [-0.2, 0) is 0 Å². The molecule has 0 unspecified atom stereocenters. The van der Waals surface area contributed by atoms with Crippen molar-refractivity contribution in [3.05, 3.63) is 41.1 Å². The van der Waals surface area contributed by atoms with Gasteiger partial charge in [-0.15, -0.1) is 0 Å². The highest BCUT2D eigenvalue weighted by molar-refractivity contribution is 6.32. The molecule has 0 aliphatic carbocycles. The summed E-state index contributed by atoms with van der Waals surface area (Å²) in [4.78, 5) is 0. The Morgan fingerprint density at radius 3 is 2.85 bits per heavy atom. The predicted octanol–water partition coefficient (Wildman–Crippen LogP) is 4.42. The number of hydrogen-bond acceptors (Lipinski definition) is 3. The fraction of sp³-hybridized carbons (Fsp3) is 0.375. The maximum Gasteiger partial charge on any atom is 0.137 e. The highest BCUT2D eigenvalue weighted by Gasteiger charge is 2.18. The Morgan fingerprint density at radius 2 is 2.15 bits per heavy atom. The molecule has 1 aliphatic rings. The average Bonchev–Trinajstić information content (AvgIpc) is 2.98. The minimum Gasteiger partial charge on any atom is -0.495 e. The van der Waals surface area contributed by atoms with Crippen LogP contribution in [0.5, 0.6) is 5.75 Å². The lowest BCUT2D eigenvalue weighted by atomic mass is 10.0. The third kappa shape index (κ3) is 2.69. The van der Waals surface area contributed by atoms with E-state index in [1.165, 1.54) is 12.8 Å². The Labute approximate surface area is 123 Å². The van der Waals surface area contributed by atoms with Crippen molar-refractivity contribution < 1.29 is 9.15 Å². The summed E-state index contributed by atoms with van der Waals surface area (Å²) in [6, 6.07) is 10.1. The van der Waals surface area contributed by atoms with Crippen LogP contribution in [0.3, 0.4) is 0 Å². The molecule has 1 fully saturated rings. The van der Waals surface area contributed by atoms with Crippen LogP contribution in [0.1, 0.15) is 31.1 Å². The minimum atomic E-state index is 0.339. The number of methoxy groups -OCH3 is 1. The lowest BCUT2D eigenvalue weighted by Gasteiger charge is -2.21. The quantitative estimate of drug-likeness (QED) is 0.909. The highest BCUT2D eigenvalue weighted by Crippen LogP contribution is 2.33. The summed E-state index contributed by atoms with van der Waals surface area (Å²) < 4.78 is 11.1. The van der Waals surface area contributed by atoms with Gasteiger partial charge in [0.2, 0.25) is 0 Å². The van der Waals surface area contributed by atoms with Crippen LogP contribution in [-0.4, -0.2) is 13.7 Å². The summed E-state index contributed by atoms with van der Waals surface area (Å²) in [5, 5.41) is 4.09. The SMILES string of the molecule is COc1ccc(-c2ccc([C@H]3CCCCN3)o2)cc1Cl. The smallest absolute Gasteiger partial charge is 0.137 e. The standard InChI is InChI=1S/C16H18ClNO2/c1-19-15-6-5-11(10-12(15)17)14-7-8-16(20-14)13-4-2-3-9-18-13/h5-8,10,13,18H,2-4,9H2,1H3/t13-/m1/s1. The fourth-order valence-electron chi connectivity index (χ4n) is 2.61. The molecule has 0 radical (unpaired) electrons. The predicted molar refractivity (Wildman–Crippen MR) is 80.3 cm³/mol. The van der Waals surface area contributed by atoms with E-state index in [4.69, 9.17) is 20.8 Å². The molecule has 0 spiro atoms. The van der Waals surface area contributed by atoms with Crippen molar-refractivity contribution in [3.8, 4) is 17.1 Å². The fourth-order valence-corrected chi connectivity index (χ4v) is 2.87. The van der Waals surface area contributed by atoms with E-state index in [0.717, 1.165) is 30.0 Å². The molecule has 3 rings (SSSR count). The van der Waals surface area contributed by atoms with Gasteiger partial charge in [0.05, 0.1) is 18.2 Å². The first-order valence-electron chi connectivity index (χ1n) is 6.95. The zero-order valence-electron chi connectivity index (χ0n) is 11.5. The second-order valence-electron chi connectivity index (χ2n) is 5.05. The first kappa shape index (κ1) is 13.5. The molecule has 1 aromatic carbocycles. The second kappa shape index (κ2) is 5.90. The summed E-state index contributed by atoms with van der Waals surface area (Å²) in [5.74, 6) is 2.53.